The van der Waals surface area contributed by atoms with E-state index in [1.165, 1.54) is 38.5 Å². The van der Waals surface area contributed by atoms with Crippen LogP contribution < -0.4 is 16.8 Å². The van der Waals surface area contributed by atoms with E-state index in [1.807, 2.05) is 0 Å². The second-order valence-corrected chi connectivity index (χ2v) is 5.56. The van der Waals surface area contributed by atoms with Crippen molar-refractivity contribution in [3.63, 3.8) is 0 Å². The Bertz CT molecular complexity index is 181. The van der Waals surface area contributed by atoms with Gasteiger partial charge in [0.15, 0.2) is 0 Å². The molecule has 2 fully saturated rings. The molecule has 2 rings (SSSR count). The van der Waals surface area contributed by atoms with E-state index in [4.69, 9.17) is 11.5 Å². The fourth-order valence-corrected chi connectivity index (χ4v) is 3.11. The second-order valence-electron chi connectivity index (χ2n) is 5.56. The number of hydrogen-bond donors (Lipinski definition) is 3. The number of hydrogen-bond acceptors (Lipinski definition) is 3. The highest BCUT2D eigenvalue weighted by molar-refractivity contribution is 4.94. The molecule has 0 atom stereocenters. The van der Waals surface area contributed by atoms with Gasteiger partial charge in [-0.3, -0.25) is 5.32 Å². The van der Waals surface area contributed by atoms with Gasteiger partial charge in [0, 0.05) is 0 Å². The van der Waals surface area contributed by atoms with Crippen LogP contribution in [-0.4, -0.2) is 11.3 Å². The highest BCUT2D eigenvalue weighted by Crippen LogP contribution is 2.30. The van der Waals surface area contributed by atoms with E-state index in [1.54, 1.807) is 0 Å². The molecule has 3 heteroatoms. The average Bonchev–Trinajstić information content (AvgIpc) is 2.18. The van der Waals surface area contributed by atoms with E-state index in [0.717, 1.165) is 25.7 Å². The van der Waals surface area contributed by atoms with Crippen LogP contribution in [0.3, 0.4) is 0 Å². The van der Waals surface area contributed by atoms with Gasteiger partial charge < -0.3 is 11.5 Å². The highest BCUT2D eigenvalue weighted by atomic mass is 15.2. The molecular formula is C12H25N3. The van der Waals surface area contributed by atoms with Gasteiger partial charge in [-0.1, -0.05) is 38.5 Å². The van der Waals surface area contributed by atoms with Crippen molar-refractivity contribution in [2.24, 2.45) is 11.5 Å². The standard InChI is InChI=1S/C12H25N3/c13-11(7-3-1-4-8-11)15-12(14)9-5-2-6-10-12/h15H,1-10,13-14H2. The normalized spacial score (nSPS) is 30.0. The number of nitrogens with one attached hydrogen (secondary N) is 1. The lowest BCUT2D eigenvalue weighted by Gasteiger charge is -2.44. The second kappa shape index (κ2) is 4.40. The molecule has 0 unspecified atom stereocenters. The SMILES string of the molecule is NC1(NC2(N)CCCCC2)CCCCC1. The minimum atomic E-state index is -0.176. The lowest BCUT2D eigenvalue weighted by Crippen LogP contribution is -2.68. The van der Waals surface area contributed by atoms with Crippen LogP contribution in [-0.2, 0) is 0 Å². The van der Waals surface area contributed by atoms with Crippen molar-refractivity contribution in [2.45, 2.75) is 75.5 Å². The van der Waals surface area contributed by atoms with E-state index < -0.39 is 0 Å². The van der Waals surface area contributed by atoms with Crippen molar-refractivity contribution in [1.29, 1.82) is 0 Å². The molecule has 0 saturated heterocycles. The van der Waals surface area contributed by atoms with E-state index in [-0.39, 0.29) is 11.3 Å². The zero-order chi connectivity index (χ0) is 10.8. The summed E-state index contributed by atoms with van der Waals surface area (Å²) >= 11 is 0. The molecule has 0 aromatic rings. The zero-order valence-corrected chi connectivity index (χ0v) is 9.73. The van der Waals surface area contributed by atoms with Gasteiger partial charge in [-0.2, -0.15) is 0 Å². The first-order chi connectivity index (χ1) is 7.12. The Morgan fingerprint density at radius 3 is 1.27 bits per heavy atom. The molecule has 5 N–H and O–H groups in total. The molecule has 0 radical (unpaired) electrons. The van der Waals surface area contributed by atoms with Gasteiger partial charge in [0.25, 0.3) is 0 Å². The Kier molecular flexibility index (Phi) is 3.33. The first kappa shape index (κ1) is 11.4. The summed E-state index contributed by atoms with van der Waals surface area (Å²) < 4.78 is 0. The summed E-state index contributed by atoms with van der Waals surface area (Å²) in [6, 6.07) is 0. The lowest BCUT2D eigenvalue weighted by atomic mass is 9.84. The van der Waals surface area contributed by atoms with E-state index in [2.05, 4.69) is 5.32 Å². The summed E-state index contributed by atoms with van der Waals surface area (Å²) in [7, 11) is 0. The van der Waals surface area contributed by atoms with Crippen LogP contribution in [0, 0.1) is 0 Å². The molecule has 0 amide bonds. The van der Waals surface area contributed by atoms with Gasteiger partial charge in [-0.15, -0.1) is 0 Å². The minimum absolute atomic E-state index is 0.176. The fraction of sp³-hybridized carbons (Fsp3) is 1.00. The minimum Gasteiger partial charge on any atom is -0.313 e. The third-order valence-corrected chi connectivity index (χ3v) is 3.99. The Morgan fingerprint density at radius 1 is 0.600 bits per heavy atom. The van der Waals surface area contributed by atoms with Crippen LogP contribution in [0.4, 0.5) is 0 Å². The third-order valence-electron chi connectivity index (χ3n) is 3.99. The van der Waals surface area contributed by atoms with E-state index in [0.29, 0.717) is 0 Å². The van der Waals surface area contributed by atoms with Gasteiger partial charge in [0.1, 0.15) is 0 Å². The quantitative estimate of drug-likeness (QED) is 0.610. The van der Waals surface area contributed by atoms with Crippen LogP contribution in [0.5, 0.6) is 0 Å². The molecule has 0 bridgehead atoms. The Balaban J connectivity index is 1.93. The maximum atomic E-state index is 6.38. The Hall–Kier alpha value is -0.120. The smallest absolute Gasteiger partial charge is 0.0675 e. The summed E-state index contributed by atoms with van der Waals surface area (Å²) in [5.41, 5.74) is 12.4. The van der Waals surface area contributed by atoms with Crippen LogP contribution in [0.25, 0.3) is 0 Å². The summed E-state index contributed by atoms with van der Waals surface area (Å²) in [4.78, 5) is 0. The predicted molar refractivity (Wildman–Crippen MR) is 63.1 cm³/mol. The van der Waals surface area contributed by atoms with Crippen molar-refractivity contribution in [3.05, 3.63) is 0 Å². The van der Waals surface area contributed by atoms with Crippen LogP contribution in [0.15, 0.2) is 0 Å². The average molecular weight is 211 g/mol. The van der Waals surface area contributed by atoms with Crippen molar-refractivity contribution < 1.29 is 0 Å². The van der Waals surface area contributed by atoms with Gasteiger partial charge in [0.2, 0.25) is 0 Å². The number of nitrogens with two attached hydrogens (primary N) is 2. The summed E-state index contributed by atoms with van der Waals surface area (Å²) in [5.74, 6) is 0. The molecule has 2 aliphatic rings. The van der Waals surface area contributed by atoms with Gasteiger partial charge in [0.05, 0.1) is 11.3 Å². The predicted octanol–water partition coefficient (Wildman–Crippen LogP) is 1.81. The van der Waals surface area contributed by atoms with E-state index in [9.17, 15) is 0 Å². The van der Waals surface area contributed by atoms with Crippen LogP contribution in [0.1, 0.15) is 64.2 Å². The highest BCUT2D eigenvalue weighted by Gasteiger charge is 2.36. The summed E-state index contributed by atoms with van der Waals surface area (Å²) in [6.45, 7) is 0. The zero-order valence-electron chi connectivity index (χ0n) is 9.73. The molecule has 15 heavy (non-hydrogen) atoms. The summed E-state index contributed by atoms with van der Waals surface area (Å²) in [6.07, 6.45) is 12.0. The fourth-order valence-electron chi connectivity index (χ4n) is 3.11. The topological polar surface area (TPSA) is 64.1 Å². The molecule has 0 heterocycles. The van der Waals surface area contributed by atoms with Crippen LogP contribution in [0.2, 0.25) is 0 Å². The van der Waals surface area contributed by atoms with Crippen molar-refractivity contribution in [2.75, 3.05) is 0 Å². The molecule has 3 nitrogen and oxygen atoms in total. The van der Waals surface area contributed by atoms with Gasteiger partial charge in [-0.25, -0.2) is 0 Å². The van der Waals surface area contributed by atoms with Crippen molar-refractivity contribution in [1.82, 2.24) is 5.32 Å². The molecule has 2 saturated carbocycles. The molecule has 0 aromatic heterocycles. The first-order valence-electron chi connectivity index (χ1n) is 6.49. The largest absolute Gasteiger partial charge is 0.313 e. The Labute approximate surface area is 93.0 Å². The molecular weight excluding hydrogens is 186 g/mol. The molecule has 2 aliphatic carbocycles. The monoisotopic (exact) mass is 211 g/mol. The number of rotatable bonds is 2. The maximum Gasteiger partial charge on any atom is 0.0675 e. The van der Waals surface area contributed by atoms with Gasteiger partial charge in [-0.05, 0) is 25.7 Å². The lowest BCUT2D eigenvalue weighted by molar-refractivity contribution is 0.128. The molecule has 0 aliphatic heterocycles. The molecule has 88 valence electrons. The Morgan fingerprint density at radius 2 is 0.933 bits per heavy atom. The van der Waals surface area contributed by atoms with Crippen LogP contribution >= 0.6 is 0 Å². The van der Waals surface area contributed by atoms with Gasteiger partial charge >= 0.3 is 0 Å². The van der Waals surface area contributed by atoms with E-state index >= 15 is 0 Å². The first-order valence-corrected chi connectivity index (χ1v) is 6.49. The maximum absolute atomic E-state index is 6.38. The summed E-state index contributed by atoms with van der Waals surface area (Å²) in [5, 5.41) is 3.57. The molecule has 0 aromatic carbocycles. The third kappa shape index (κ3) is 2.92. The molecule has 0 spiro atoms. The van der Waals surface area contributed by atoms with Crippen molar-refractivity contribution in [3.8, 4) is 0 Å². The van der Waals surface area contributed by atoms with Crippen molar-refractivity contribution >= 4 is 0 Å².